The number of hydrogen-bond donors (Lipinski definition) is 2. The van der Waals surface area contributed by atoms with Gasteiger partial charge in [0.25, 0.3) is 5.91 Å². The fraction of sp³-hybridized carbons (Fsp3) is 0.409. The summed E-state index contributed by atoms with van der Waals surface area (Å²) in [6.07, 6.45) is 9.21. The molecule has 5 rings (SSSR count). The number of pyridine rings is 1. The summed E-state index contributed by atoms with van der Waals surface area (Å²) >= 11 is 0. The minimum absolute atomic E-state index is 0.0403. The highest BCUT2D eigenvalue weighted by Gasteiger charge is 2.44. The zero-order valence-electron chi connectivity index (χ0n) is 18.3. The van der Waals surface area contributed by atoms with Crippen LogP contribution in [0.3, 0.4) is 0 Å². The molecule has 0 unspecified atom stereocenters. The van der Waals surface area contributed by atoms with Crippen molar-refractivity contribution in [1.29, 1.82) is 0 Å². The highest BCUT2D eigenvalue weighted by atomic mass is 19.1. The summed E-state index contributed by atoms with van der Waals surface area (Å²) in [5, 5.41) is 6.85. The number of nitrogens with two attached hydrogens (primary N) is 1. The first-order valence-corrected chi connectivity index (χ1v) is 11.0. The Labute approximate surface area is 189 Å². The maximum atomic E-state index is 13.5. The number of nitrogens with zero attached hydrogens (tertiary/aromatic N) is 6. The first kappa shape index (κ1) is 21.1. The normalized spacial score (nSPS) is 17.6. The van der Waals surface area contributed by atoms with Gasteiger partial charge in [-0.2, -0.15) is 0 Å². The van der Waals surface area contributed by atoms with Gasteiger partial charge >= 0.3 is 0 Å². The number of likely N-dealkylation sites (tertiary alicyclic amines) is 1. The van der Waals surface area contributed by atoms with Gasteiger partial charge < -0.3 is 20.9 Å². The number of carbonyl (C=O) groups is 2. The van der Waals surface area contributed by atoms with Crippen molar-refractivity contribution in [2.24, 2.45) is 0 Å². The zero-order chi connectivity index (χ0) is 23.2. The lowest BCUT2D eigenvalue weighted by Gasteiger charge is -2.45. The summed E-state index contributed by atoms with van der Waals surface area (Å²) in [5.74, 6) is -0.985. The van der Waals surface area contributed by atoms with E-state index in [4.69, 9.17) is 5.73 Å². The van der Waals surface area contributed by atoms with Crippen LogP contribution in [0, 0.1) is 5.82 Å². The van der Waals surface area contributed by atoms with Crippen molar-refractivity contribution in [3.63, 3.8) is 0 Å². The minimum atomic E-state index is -0.583. The van der Waals surface area contributed by atoms with E-state index in [1.807, 2.05) is 11.0 Å². The van der Waals surface area contributed by atoms with Crippen molar-refractivity contribution in [1.82, 2.24) is 24.5 Å². The van der Waals surface area contributed by atoms with Gasteiger partial charge in [0.2, 0.25) is 5.91 Å². The second kappa shape index (κ2) is 7.98. The third kappa shape index (κ3) is 3.62. The molecule has 3 N–H and O–H groups in total. The van der Waals surface area contributed by atoms with Crippen LogP contribution in [0.1, 0.15) is 43.0 Å². The van der Waals surface area contributed by atoms with E-state index in [9.17, 15) is 14.0 Å². The summed E-state index contributed by atoms with van der Waals surface area (Å²) in [6, 6.07) is 1.86. The van der Waals surface area contributed by atoms with Gasteiger partial charge in [-0.15, -0.1) is 5.10 Å². The molecule has 33 heavy (non-hydrogen) atoms. The SMILES string of the molecule is CC(=O)N1CCCC12CCN(c1ccncc1NC(=O)c1c(N)nn3cc(F)cnc13)CC2. The Morgan fingerprint density at radius 2 is 1.97 bits per heavy atom. The molecule has 0 saturated carbocycles. The molecule has 0 radical (unpaired) electrons. The van der Waals surface area contributed by atoms with E-state index in [1.54, 1.807) is 19.3 Å². The Kier molecular flexibility index (Phi) is 5.10. The lowest BCUT2D eigenvalue weighted by Crippen LogP contribution is -2.53. The molecule has 3 aromatic rings. The van der Waals surface area contributed by atoms with Crippen LogP contribution >= 0.6 is 0 Å². The quantitative estimate of drug-likeness (QED) is 0.624. The molecular weight excluding hydrogens is 427 g/mol. The largest absolute Gasteiger partial charge is 0.381 e. The molecule has 172 valence electrons. The highest BCUT2D eigenvalue weighted by molar-refractivity contribution is 6.12. The van der Waals surface area contributed by atoms with Crippen molar-refractivity contribution < 1.29 is 14.0 Å². The molecule has 2 aliphatic heterocycles. The number of piperidine rings is 1. The number of carbonyl (C=O) groups excluding carboxylic acids is 2. The van der Waals surface area contributed by atoms with E-state index in [0.717, 1.165) is 67.9 Å². The Balaban J connectivity index is 1.37. The summed E-state index contributed by atoms with van der Waals surface area (Å²) in [4.78, 5) is 37.6. The molecule has 5 heterocycles. The average molecular weight is 452 g/mol. The van der Waals surface area contributed by atoms with Crippen LogP contribution in [-0.4, -0.2) is 61.5 Å². The van der Waals surface area contributed by atoms with Crippen LogP contribution in [0.25, 0.3) is 5.65 Å². The van der Waals surface area contributed by atoms with Gasteiger partial charge in [0.1, 0.15) is 5.56 Å². The summed E-state index contributed by atoms with van der Waals surface area (Å²) in [6.45, 7) is 3.99. The van der Waals surface area contributed by atoms with Crippen molar-refractivity contribution >= 4 is 34.7 Å². The summed E-state index contributed by atoms with van der Waals surface area (Å²) < 4.78 is 14.6. The Bertz CT molecular complexity index is 1230. The molecule has 0 atom stereocenters. The third-order valence-corrected chi connectivity index (χ3v) is 6.75. The van der Waals surface area contributed by atoms with E-state index >= 15 is 0 Å². The standard InChI is InChI=1S/C22H25FN8O2/c1-14(32)30-8-2-4-22(30)5-9-29(10-6-22)17-3-7-25-12-16(17)27-21(33)18-19(24)28-31-13-15(23)11-26-20(18)31/h3,7,11-13H,2,4-6,8-10H2,1H3,(H2,24,28)(H,27,33). The molecule has 2 saturated heterocycles. The van der Waals surface area contributed by atoms with E-state index in [-0.39, 0.29) is 28.5 Å². The zero-order valence-corrected chi connectivity index (χ0v) is 18.3. The first-order chi connectivity index (χ1) is 15.9. The molecule has 2 aliphatic rings. The van der Waals surface area contributed by atoms with Gasteiger partial charge in [0, 0.05) is 38.3 Å². The van der Waals surface area contributed by atoms with Gasteiger partial charge in [-0.25, -0.2) is 13.9 Å². The van der Waals surface area contributed by atoms with E-state index in [1.165, 1.54) is 0 Å². The number of nitrogen functional groups attached to an aromatic ring is 1. The predicted octanol–water partition coefficient (Wildman–Crippen LogP) is 2.08. The lowest BCUT2D eigenvalue weighted by molar-refractivity contribution is -0.133. The fourth-order valence-corrected chi connectivity index (χ4v) is 5.20. The second-order valence-corrected chi connectivity index (χ2v) is 8.63. The molecule has 2 fully saturated rings. The molecule has 2 amide bonds. The number of anilines is 3. The molecular formula is C22H25FN8O2. The van der Waals surface area contributed by atoms with Crippen LogP contribution in [0.2, 0.25) is 0 Å². The molecule has 11 heteroatoms. The van der Waals surface area contributed by atoms with Crippen LogP contribution in [0.5, 0.6) is 0 Å². The van der Waals surface area contributed by atoms with Gasteiger partial charge in [-0.3, -0.25) is 14.6 Å². The Morgan fingerprint density at radius 1 is 1.18 bits per heavy atom. The third-order valence-electron chi connectivity index (χ3n) is 6.75. The molecule has 3 aromatic heterocycles. The van der Waals surface area contributed by atoms with Crippen molar-refractivity contribution in [3.05, 3.63) is 42.2 Å². The van der Waals surface area contributed by atoms with Gasteiger partial charge in [0.15, 0.2) is 17.3 Å². The average Bonchev–Trinajstić information content (AvgIpc) is 3.34. The molecule has 0 bridgehead atoms. The smallest absolute Gasteiger partial charge is 0.263 e. The predicted molar refractivity (Wildman–Crippen MR) is 120 cm³/mol. The van der Waals surface area contributed by atoms with Crippen LogP contribution in [0.15, 0.2) is 30.9 Å². The van der Waals surface area contributed by atoms with Gasteiger partial charge in [-0.05, 0) is 31.7 Å². The fourth-order valence-electron chi connectivity index (χ4n) is 5.20. The van der Waals surface area contributed by atoms with E-state index in [0.29, 0.717) is 5.69 Å². The summed E-state index contributed by atoms with van der Waals surface area (Å²) in [7, 11) is 0. The van der Waals surface area contributed by atoms with E-state index in [2.05, 4.69) is 25.3 Å². The van der Waals surface area contributed by atoms with Gasteiger partial charge in [0.05, 0.1) is 30.0 Å². The minimum Gasteiger partial charge on any atom is -0.381 e. The van der Waals surface area contributed by atoms with Crippen LogP contribution in [0.4, 0.5) is 21.6 Å². The molecule has 1 spiro atoms. The number of halogens is 1. The maximum Gasteiger partial charge on any atom is 0.263 e. The number of nitrogens with one attached hydrogen (secondary N) is 1. The Hall–Kier alpha value is -3.76. The number of amides is 2. The number of hydrogen-bond acceptors (Lipinski definition) is 7. The molecule has 0 aromatic carbocycles. The first-order valence-electron chi connectivity index (χ1n) is 11.0. The molecule has 0 aliphatic carbocycles. The number of aromatic nitrogens is 4. The number of rotatable bonds is 3. The lowest BCUT2D eigenvalue weighted by atomic mass is 9.84. The Morgan fingerprint density at radius 3 is 2.73 bits per heavy atom. The number of fused-ring (bicyclic) bond motifs is 1. The summed E-state index contributed by atoms with van der Waals surface area (Å²) in [5.41, 5.74) is 7.49. The topological polar surface area (TPSA) is 122 Å². The maximum absolute atomic E-state index is 13.5. The molecule has 10 nitrogen and oxygen atoms in total. The van der Waals surface area contributed by atoms with Crippen LogP contribution < -0.4 is 16.0 Å². The van der Waals surface area contributed by atoms with Crippen molar-refractivity contribution in [2.75, 3.05) is 35.6 Å². The second-order valence-electron chi connectivity index (χ2n) is 8.63. The van der Waals surface area contributed by atoms with Crippen molar-refractivity contribution in [3.8, 4) is 0 Å². The van der Waals surface area contributed by atoms with Crippen LogP contribution in [-0.2, 0) is 4.79 Å². The van der Waals surface area contributed by atoms with Crippen molar-refractivity contribution in [2.45, 2.75) is 38.1 Å². The van der Waals surface area contributed by atoms with E-state index < -0.39 is 11.7 Å². The monoisotopic (exact) mass is 452 g/mol. The van der Waals surface area contributed by atoms with Gasteiger partial charge in [-0.1, -0.05) is 0 Å². The highest BCUT2D eigenvalue weighted by Crippen LogP contribution is 2.40.